The number of benzene rings is 2. The van der Waals surface area contributed by atoms with Crippen molar-refractivity contribution in [2.75, 3.05) is 0 Å². The highest BCUT2D eigenvalue weighted by atomic mass is 14.8. The van der Waals surface area contributed by atoms with E-state index in [1.807, 2.05) is 12.4 Å². The van der Waals surface area contributed by atoms with Crippen molar-refractivity contribution in [3.63, 3.8) is 0 Å². The summed E-state index contributed by atoms with van der Waals surface area (Å²) in [5.74, 6) is 2.04. The monoisotopic (exact) mass is 462 g/mol. The number of hydrogen-bond donors (Lipinski definition) is 0. The molecule has 1 heterocycles. The van der Waals surface area contributed by atoms with E-state index in [0.717, 1.165) is 30.7 Å². The second kappa shape index (κ2) is 10.3. The third-order valence-corrected chi connectivity index (χ3v) is 8.63. The Hall–Kier alpha value is -3.00. The molecule has 180 valence electrons. The molecule has 5 rings (SSSR count). The van der Waals surface area contributed by atoms with E-state index in [1.165, 1.54) is 70.2 Å². The second-order valence-electron chi connectivity index (χ2n) is 10.8. The zero-order chi connectivity index (χ0) is 24.4. The molecule has 1 atom stereocenters. The molecule has 0 amide bonds. The Bertz CT molecular complexity index is 1230. The first-order valence-corrected chi connectivity index (χ1v) is 13.4. The topological polar surface area (TPSA) is 25.8 Å². The van der Waals surface area contributed by atoms with Crippen molar-refractivity contribution in [3.05, 3.63) is 101 Å². The highest BCUT2D eigenvalue weighted by molar-refractivity contribution is 5.78. The van der Waals surface area contributed by atoms with Gasteiger partial charge in [-0.3, -0.25) is 0 Å². The Morgan fingerprint density at radius 1 is 0.971 bits per heavy atom. The van der Waals surface area contributed by atoms with Crippen LogP contribution in [0.1, 0.15) is 68.7 Å². The van der Waals surface area contributed by atoms with E-state index < -0.39 is 0 Å². The summed E-state index contributed by atoms with van der Waals surface area (Å²) in [5, 5.41) is 0. The molecule has 35 heavy (non-hydrogen) atoms. The Morgan fingerprint density at radius 2 is 1.71 bits per heavy atom. The van der Waals surface area contributed by atoms with Crippen LogP contribution in [0.3, 0.4) is 0 Å². The largest absolute Gasteiger partial charge is 0.244 e. The predicted molar refractivity (Wildman–Crippen MR) is 147 cm³/mol. The summed E-state index contributed by atoms with van der Waals surface area (Å²) in [6, 6.07) is 15.8. The lowest BCUT2D eigenvalue weighted by Gasteiger charge is -2.35. The number of hydrogen-bond acceptors (Lipinski definition) is 2. The number of aromatic nitrogens is 2. The molecular formula is C33H38N2. The Balaban J connectivity index is 1.50. The van der Waals surface area contributed by atoms with Crippen LogP contribution >= 0.6 is 0 Å². The standard InChI is InChI=1S/C33H38N2/c1-5-25-14-15-27(30-19-34-21-35-20-30)16-29(25)18-33(26-12-10-22(2)11-13-26)24(4)32-17-28-8-6-7-9-31(28)23(32)3/h6-9,14-16,19-22,26,33H,4-5,10-13,17-18H2,1-3H3. The molecule has 0 radical (unpaired) electrons. The first-order valence-electron chi connectivity index (χ1n) is 13.4. The van der Waals surface area contributed by atoms with Gasteiger partial charge in [0.1, 0.15) is 6.33 Å². The molecule has 0 N–H and O–H groups in total. The van der Waals surface area contributed by atoms with Crippen molar-refractivity contribution in [3.8, 4) is 11.1 Å². The first-order chi connectivity index (χ1) is 17.0. The van der Waals surface area contributed by atoms with E-state index in [4.69, 9.17) is 6.58 Å². The minimum absolute atomic E-state index is 0.481. The van der Waals surface area contributed by atoms with Crippen molar-refractivity contribution in [2.45, 2.75) is 65.7 Å². The molecule has 2 heteroatoms. The number of allylic oxidation sites excluding steroid dienone is 3. The quantitative estimate of drug-likeness (QED) is 0.353. The van der Waals surface area contributed by atoms with E-state index >= 15 is 0 Å². The third kappa shape index (κ3) is 4.89. The van der Waals surface area contributed by atoms with Gasteiger partial charge in [0.15, 0.2) is 0 Å². The average molecular weight is 463 g/mol. The Kier molecular flexibility index (Phi) is 7.00. The fourth-order valence-corrected chi connectivity index (χ4v) is 6.39. The zero-order valence-corrected chi connectivity index (χ0v) is 21.6. The van der Waals surface area contributed by atoms with Crippen molar-refractivity contribution in [1.29, 1.82) is 0 Å². The van der Waals surface area contributed by atoms with Gasteiger partial charge in [0.25, 0.3) is 0 Å². The van der Waals surface area contributed by atoms with Gasteiger partial charge in [0, 0.05) is 18.0 Å². The molecule has 3 aromatic rings. The molecule has 1 unspecified atom stereocenters. The van der Waals surface area contributed by atoms with E-state index in [0.29, 0.717) is 11.8 Å². The van der Waals surface area contributed by atoms with Gasteiger partial charge in [-0.2, -0.15) is 0 Å². The first kappa shape index (κ1) is 23.7. The lowest BCUT2D eigenvalue weighted by molar-refractivity contribution is 0.233. The fourth-order valence-electron chi connectivity index (χ4n) is 6.39. The van der Waals surface area contributed by atoms with Crippen LogP contribution in [0.5, 0.6) is 0 Å². The second-order valence-corrected chi connectivity index (χ2v) is 10.8. The van der Waals surface area contributed by atoms with Gasteiger partial charge in [-0.05, 0) is 101 Å². The van der Waals surface area contributed by atoms with Crippen LogP contribution in [0.2, 0.25) is 0 Å². The van der Waals surface area contributed by atoms with Gasteiger partial charge in [-0.15, -0.1) is 0 Å². The lowest BCUT2D eigenvalue weighted by atomic mass is 9.70. The predicted octanol–water partition coefficient (Wildman–Crippen LogP) is 8.28. The van der Waals surface area contributed by atoms with Gasteiger partial charge in [0.2, 0.25) is 0 Å². The fraction of sp³-hybridized carbons (Fsp3) is 0.394. The minimum atomic E-state index is 0.481. The summed E-state index contributed by atoms with van der Waals surface area (Å²) in [5.41, 5.74) is 12.4. The number of rotatable bonds is 7. The van der Waals surface area contributed by atoms with Crippen molar-refractivity contribution >= 4 is 5.57 Å². The SMILES string of the molecule is C=C(C1=C(C)c2ccccc2C1)C(Cc1cc(-c2cncnc2)ccc1CC)C1CCC(C)CC1. The van der Waals surface area contributed by atoms with Crippen molar-refractivity contribution in [2.24, 2.45) is 17.8 Å². The molecule has 0 spiro atoms. The molecule has 0 aliphatic heterocycles. The van der Waals surface area contributed by atoms with Gasteiger partial charge in [-0.1, -0.05) is 75.7 Å². The maximum Gasteiger partial charge on any atom is 0.115 e. The van der Waals surface area contributed by atoms with Crippen LogP contribution in [-0.4, -0.2) is 9.97 Å². The Morgan fingerprint density at radius 3 is 2.43 bits per heavy atom. The highest BCUT2D eigenvalue weighted by Gasteiger charge is 2.32. The smallest absolute Gasteiger partial charge is 0.115 e. The summed E-state index contributed by atoms with van der Waals surface area (Å²) < 4.78 is 0. The Labute approximate surface area is 211 Å². The summed E-state index contributed by atoms with van der Waals surface area (Å²) in [6.45, 7) is 11.8. The van der Waals surface area contributed by atoms with Crippen LogP contribution in [-0.2, 0) is 19.3 Å². The van der Waals surface area contributed by atoms with E-state index in [9.17, 15) is 0 Å². The molecule has 2 aromatic carbocycles. The van der Waals surface area contributed by atoms with E-state index in [1.54, 1.807) is 6.33 Å². The molecule has 2 aliphatic carbocycles. The molecule has 0 saturated heterocycles. The molecule has 2 nitrogen and oxygen atoms in total. The van der Waals surface area contributed by atoms with E-state index in [-0.39, 0.29) is 0 Å². The lowest BCUT2D eigenvalue weighted by Crippen LogP contribution is -2.25. The number of fused-ring (bicyclic) bond motifs is 1. The van der Waals surface area contributed by atoms with Gasteiger partial charge >= 0.3 is 0 Å². The maximum absolute atomic E-state index is 4.82. The normalized spacial score (nSPS) is 20.5. The maximum atomic E-state index is 4.82. The molecule has 1 aromatic heterocycles. The van der Waals surface area contributed by atoms with Crippen LogP contribution in [0, 0.1) is 17.8 Å². The van der Waals surface area contributed by atoms with Crippen LogP contribution in [0.15, 0.2) is 78.9 Å². The van der Waals surface area contributed by atoms with Crippen LogP contribution < -0.4 is 0 Å². The molecule has 1 saturated carbocycles. The van der Waals surface area contributed by atoms with Gasteiger partial charge in [-0.25, -0.2) is 9.97 Å². The zero-order valence-electron chi connectivity index (χ0n) is 21.6. The van der Waals surface area contributed by atoms with Gasteiger partial charge in [0.05, 0.1) is 0 Å². The van der Waals surface area contributed by atoms with E-state index in [2.05, 4.69) is 73.2 Å². The van der Waals surface area contributed by atoms with Gasteiger partial charge < -0.3 is 0 Å². The minimum Gasteiger partial charge on any atom is -0.244 e. The summed E-state index contributed by atoms with van der Waals surface area (Å²) in [6.07, 6.45) is 13.9. The van der Waals surface area contributed by atoms with Crippen molar-refractivity contribution < 1.29 is 0 Å². The average Bonchev–Trinajstić information content (AvgIpc) is 3.24. The molecule has 1 fully saturated rings. The number of aryl methyl sites for hydroxylation is 1. The van der Waals surface area contributed by atoms with Crippen LogP contribution in [0.25, 0.3) is 16.7 Å². The van der Waals surface area contributed by atoms with Crippen molar-refractivity contribution in [1.82, 2.24) is 9.97 Å². The summed E-state index contributed by atoms with van der Waals surface area (Å²) >= 11 is 0. The summed E-state index contributed by atoms with van der Waals surface area (Å²) in [4.78, 5) is 8.50. The molecule has 2 aliphatic rings. The number of nitrogens with zero attached hydrogens (tertiary/aromatic N) is 2. The molecule has 0 bridgehead atoms. The van der Waals surface area contributed by atoms with Crippen LogP contribution in [0.4, 0.5) is 0 Å². The molecular weight excluding hydrogens is 424 g/mol. The third-order valence-electron chi connectivity index (χ3n) is 8.63. The summed E-state index contributed by atoms with van der Waals surface area (Å²) in [7, 11) is 0. The highest BCUT2D eigenvalue weighted by Crippen LogP contribution is 2.44.